The Kier molecular flexibility index (Phi) is 6.89. The third-order valence-corrected chi connectivity index (χ3v) is 6.00. The SMILES string of the molecule is O=C(NCCN1CCNCC1)c1c(/C=C/c2ccc(Cl)cc2)[nH]c2cc(Br)ccc12. The minimum Gasteiger partial charge on any atom is -0.354 e. The number of H-pyrrole nitrogens is 1. The standard InChI is InChI=1S/C23H24BrClN4O/c24-17-4-7-19-21(15-17)28-20(8-3-16-1-5-18(25)6-2-16)22(19)23(30)27-11-14-29-12-9-26-10-13-29/h1-8,15,26,28H,9-14H2,(H,27,30)/b8-3+. The average Bonchev–Trinajstić information content (AvgIpc) is 3.11. The van der Waals surface area contributed by atoms with Crippen LogP contribution in [0, 0.1) is 0 Å². The molecule has 4 rings (SSSR count). The van der Waals surface area contributed by atoms with Gasteiger partial charge in [0, 0.05) is 59.7 Å². The maximum Gasteiger partial charge on any atom is 0.254 e. The number of aromatic amines is 1. The summed E-state index contributed by atoms with van der Waals surface area (Å²) in [5.74, 6) is -0.0607. The molecule has 0 spiro atoms. The van der Waals surface area contributed by atoms with Gasteiger partial charge in [-0.3, -0.25) is 9.69 Å². The number of amides is 1. The first-order valence-corrected chi connectivity index (χ1v) is 11.2. The van der Waals surface area contributed by atoms with Crippen LogP contribution in [0.1, 0.15) is 21.6 Å². The topological polar surface area (TPSA) is 60.2 Å². The van der Waals surface area contributed by atoms with Gasteiger partial charge in [0.2, 0.25) is 0 Å². The molecule has 3 N–H and O–H groups in total. The smallest absolute Gasteiger partial charge is 0.254 e. The van der Waals surface area contributed by atoms with E-state index < -0.39 is 0 Å². The summed E-state index contributed by atoms with van der Waals surface area (Å²) in [6, 6.07) is 13.5. The number of carbonyl (C=O) groups is 1. The predicted molar refractivity (Wildman–Crippen MR) is 128 cm³/mol. The summed E-state index contributed by atoms with van der Waals surface area (Å²) in [7, 11) is 0. The van der Waals surface area contributed by atoms with Gasteiger partial charge >= 0.3 is 0 Å². The van der Waals surface area contributed by atoms with E-state index in [1.807, 2.05) is 54.6 Å². The van der Waals surface area contributed by atoms with Crippen molar-refractivity contribution < 1.29 is 4.79 Å². The van der Waals surface area contributed by atoms with Crippen molar-refractivity contribution in [2.75, 3.05) is 39.3 Å². The highest BCUT2D eigenvalue weighted by Gasteiger charge is 2.18. The van der Waals surface area contributed by atoms with Gasteiger partial charge in [-0.05, 0) is 35.9 Å². The average molecular weight is 488 g/mol. The van der Waals surface area contributed by atoms with Gasteiger partial charge in [-0.2, -0.15) is 0 Å². The van der Waals surface area contributed by atoms with Crippen molar-refractivity contribution in [1.29, 1.82) is 0 Å². The van der Waals surface area contributed by atoms with Crippen LogP contribution in [-0.4, -0.2) is 55.1 Å². The van der Waals surface area contributed by atoms with Gasteiger partial charge in [0.05, 0.1) is 11.3 Å². The van der Waals surface area contributed by atoms with Gasteiger partial charge < -0.3 is 15.6 Å². The molecule has 2 aromatic carbocycles. The molecule has 0 atom stereocenters. The third kappa shape index (κ3) is 5.13. The van der Waals surface area contributed by atoms with Crippen molar-refractivity contribution >= 4 is 56.5 Å². The number of hydrogen-bond acceptors (Lipinski definition) is 3. The fourth-order valence-corrected chi connectivity index (χ4v) is 4.15. The monoisotopic (exact) mass is 486 g/mol. The van der Waals surface area contributed by atoms with E-state index in [1.54, 1.807) is 0 Å². The Morgan fingerprint density at radius 3 is 2.67 bits per heavy atom. The normalized spacial score (nSPS) is 15.1. The Morgan fingerprint density at radius 1 is 1.13 bits per heavy atom. The highest BCUT2D eigenvalue weighted by molar-refractivity contribution is 9.10. The van der Waals surface area contributed by atoms with Crippen molar-refractivity contribution in [3.05, 3.63) is 68.8 Å². The number of nitrogens with zero attached hydrogens (tertiary/aromatic N) is 1. The summed E-state index contributed by atoms with van der Waals surface area (Å²) in [5.41, 5.74) is 3.40. The van der Waals surface area contributed by atoms with Gasteiger partial charge in [0.25, 0.3) is 5.91 Å². The summed E-state index contributed by atoms with van der Waals surface area (Å²) in [6.45, 7) is 5.54. The van der Waals surface area contributed by atoms with E-state index >= 15 is 0 Å². The van der Waals surface area contributed by atoms with Crippen LogP contribution in [0.5, 0.6) is 0 Å². The van der Waals surface area contributed by atoms with Crippen LogP contribution in [-0.2, 0) is 0 Å². The van der Waals surface area contributed by atoms with Crippen molar-refractivity contribution in [3.63, 3.8) is 0 Å². The summed E-state index contributed by atoms with van der Waals surface area (Å²) < 4.78 is 0.968. The van der Waals surface area contributed by atoms with Crippen molar-refractivity contribution in [3.8, 4) is 0 Å². The quantitative estimate of drug-likeness (QED) is 0.483. The first-order valence-electron chi connectivity index (χ1n) is 10.1. The van der Waals surface area contributed by atoms with Gasteiger partial charge in [-0.25, -0.2) is 0 Å². The second-order valence-electron chi connectivity index (χ2n) is 7.34. The first-order chi connectivity index (χ1) is 14.6. The van der Waals surface area contributed by atoms with Crippen molar-refractivity contribution in [1.82, 2.24) is 20.5 Å². The van der Waals surface area contributed by atoms with Gasteiger partial charge in [-0.15, -0.1) is 0 Å². The largest absolute Gasteiger partial charge is 0.354 e. The lowest BCUT2D eigenvalue weighted by Gasteiger charge is -2.27. The zero-order chi connectivity index (χ0) is 20.9. The highest BCUT2D eigenvalue weighted by atomic mass is 79.9. The second-order valence-corrected chi connectivity index (χ2v) is 8.69. The van der Waals surface area contributed by atoms with Crippen molar-refractivity contribution in [2.45, 2.75) is 0 Å². The Labute approximate surface area is 189 Å². The lowest BCUT2D eigenvalue weighted by molar-refractivity contribution is 0.0949. The van der Waals surface area contributed by atoms with E-state index in [-0.39, 0.29) is 5.91 Å². The first kappa shape index (κ1) is 21.1. The molecule has 7 heteroatoms. The van der Waals surface area contributed by atoms with E-state index in [0.29, 0.717) is 17.1 Å². The molecule has 1 aliphatic rings. The Hall–Kier alpha value is -2.12. The molecule has 0 bridgehead atoms. The summed E-state index contributed by atoms with van der Waals surface area (Å²) in [4.78, 5) is 18.8. The number of halogens is 2. The number of aromatic nitrogens is 1. The van der Waals surface area contributed by atoms with E-state index in [2.05, 4.69) is 36.4 Å². The highest BCUT2D eigenvalue weighted by Crippen LogP contribution is 2.27. The molecular weight excluding hydrogens is 464 g/mol. The number of fused-ring (bicyclic) bond motifs is 1. The molecule has 1 aliphatic heterocycles. The molecule has 3 aromatic rings. The van der Waals surface area contributed by atoms with Gasteiger partial charge in [0.1, 0.15) is 0 Å². The van der Waals surface area contributed by atoms with Gasteiger partial charge in [-0.1, -0.05) is 51.8 Å². The lowest BCUT2D eigenvalue weighted by Crippen LogP contribution is -2.46. The van der Waals surface area contributed by atoms with E-state index in [0.717, 1.165) is 59.4 Å². The molecule has 0 saturated carbocycles. The third-order valence-electron chi connectivity index (χ3n) is 5.25. The molecule has 1 amide bonds. The molecule has 30 heavy (non-hydrogen) atoms. The molecule has 1 aromatic heterocycles. The molecule has 1 fully saturated rings. The van der Waals surface area contributed by atoms with Crippen LogP contribution in [0.2, 0.25) is 5.02 Å². The zero-order valence-corrected chi connectivity index (χ0v) is 18.9. The molecular formula is C23H24BrClN4O. The van der Waals surface area contributed by atoms with E-state index in [4.69, 9.17) is 11.6 Å². The van der Waals surface area contributed by atoms with Gasteiger partial charge in [0.15, 0.2) is 0 Å². The zero-order valence-electron chi connectivity index (χ0n) is 16.6. The number of nitrogens with one attached hydrogen (secondary N) is 3. The number of carbonyl (C=O) groups excluding carboxylic acids is 1. The van der Waals surface area contributed by atoms with Crippen LogP contribution in [0.25, 0.3) is 23.1 Å². The maximum atomic E-state index is 13.1. The molecule has 156 valence electrons. The maximum absolute atomic E-state index is 13.1. The minimum absolute atomic E-state index is 0.0607. The molecule has 0 aliphatic carbocycles. The van der Waals surface area contributed by atoms with Crippen LogP contribution < -0.4 is 10.6 Å². The summed E-state index contributed by atoms with van der Waals surface area (Å²) >= 11 is 9.48. The van der Waals surface area contributed by atoms with Crippen LogP contribution in [0.4, 0.5) is 0 Å². The summed E-state index contributed by atoms with van der Waals surface area (Å²) in [5, 5.41) is 8.06. The Balaban J connectivity index is 1.55. The number of benzene rings is 2. The van der Waals surface area contributed by atoms with Crippen LogP contribution >= 0.6 is 27.5 Å². The lowest BCUT2D eigenvalue weighted by atomic mass is 10.1. The predicted octanol–water partition coefficient (Wildman–Crippen LogP) is 4.39. The van der Waals surface area contributed by atoms with E-state index in [9.17, 15) is 4.79 Å². The molecule has 1 saturated heterocycles. The van der Waals surface area contributed by atoms with Crippen molar-refractivity contribution in [2.24, 2.45) is 0 Å². The second kappa shape index (κ2) is 9.79. The van der Waals surface area contributed by atoms with Crippen LogP contribution in [0.3, 0.4) is 0 Å². The Bertz CT molecular complexity index is 1060. The fraction of sp³-hybridized carbons (Fsp3) is 0.261. The number of rotatable bonds is 6. The van der Waals surface area contributed by atoms with E-state index in [1.165, 1.54) is 0 Å². The minimum atomic E-state index is -0.0607. The number of piperazine rings is 1. The van der Waals surface area contributed by atoms with Crippen LogP contribution in [0.15, 0.2) is 46.9 Å². The molecule has 2 heterocycles. The summed E-state index contributed by atoms with van der Waals surface area (Å²) in [6.07, 6.45) is 3.93. The number of hydrogen-bond donors (Lipinski definition) is 3. The Morgan fingerprint density at radius 2 is 1.90 bits per heavy atom. The molecule has 5 nitrogen and oxygen atoms in total. The molecule has 0 radical (unpaired) electrons. The fourth-order valence-electron chi connectivity index (χ4n) is 3.66. The molecule has 0 unspecified atom stereocenters.